The Balaban J connectivity index is 1.37. The Hall–Kier alpha value is -3.78. The molecule has 1 saturated heterocycles. The first kappa shape index (κ1) is 20.8. The summed E-state index contributed by atoms with van der Waals surface area (Å²) in [5, 5.41) is 7.93. The first-order valence-corrected chi connectivity index (χ1v) is 11.7. The molecule has 8 nitrogen and oxygen atoms in total. The predicted octanol–water partition coefficient (Wildman–Crippen LogP) is 4.03. The summed E-state index contributed by atoms with van der Waals surface area (Å²) in [5.74, 6) is 3.89. The fourth-order valence-electron chi connectivity index (χ4n) is 4.62. The minimum Gasteiger partial charge on any atom is -0.494 e. The summed E-state index contributed by atoms with van der Waals surface area (Å²) in [4.78, 5) is 21.0. The third-order valence-electron chi connectivity index (χ3n) is 6.55. The molecule has 8 heteroatoms. The summed E-state index contributed by atoms with van der Waals surface area (Å²) >= 11 is 0. The number of pyridine rings is 2. The summed E-state index contributed by atoms with van der Waals surface area (Å²) in [6.07, 6.45) is 7.94. The van der Waals surface area contributed by atoms with Crippen LogP contribution in [0.1, 0.15) is 12.8 Å². The highest BCUT2D eigenvalue weighted by Crippen LogP contribution is 2.37. The van der Waals surface area contributed by atoms with Gasteiger partial charge in [-0.05, 0) is 55.2 Å². The van der Waals surface area contributed by atoms with Gasteiger partial charge in [-0.3, -0.25) is 4.98 Å². The molecular weight excluding hydrogens is 426 g/mol. The molecule has 34 heavy (non-hydrogen) atoms. The van der Waals surface area contributed by atoms with Crippen LogP contribution in [0, 0.1) is 5.92 Å². The quantitative estimate of drug-likeness (QED) is 0.453. The number of hydrogen-bond acceptors (Lipinski definition) is 8. The molecule has 2 aliphatic rings. The monoisotopic (exact) mass is 453 g/mol. The number of methoxy groups -OCH3 is 1. The van der Waals surface area contributed by atoms with E-state index in [1.807, 2.05) is 42.5 Å². The number of fused-ring (bicyclic) bond motifs is 1. The molecule has 0 radical (unpaired) electrons. The van der Waals surface area contributed by atoms with Gasteiger partial charge in [-0.2, -0.15) is 0 Å². The molecule has 0 spiro atoms. The molecule has 1 aliphatic carbocycles. The zero-order chi connectivity index (χ0) is 22.9. The zero-order valence-electron chi connectivity index (χ0n) is 19.1. The van der Waals surface area contributed by atoms with E-state index in [2.05, 4.69) is 25.5 Å². The minimum absolute atomic E-state index is 0.506. The number of benzene rings is 1. The van der Waals surface area contributed by atoms with Gasteiger partial charge < -0.3 is 20.3 Å². The van der Waals surface area contributed by atoms with Gasteiger partial charge in [0.05, 0.1) is 30.4 Å². The molecule has 1 aromatic carbocycles. The van der Waals surface area contributed by atoms with Crippen molar-refractivity contribution in [3.8, 4) is 17.1 Å². The van der Waals surface area contributed by atoms with Crippen molar-refractivity contribution >= 4 is 28.2 Å². The van der Waals surface area contributed by atoms with Crippen LogP contribution < -0.4 is 20.3 Å². The highest BCUT2D eigenvalue weighted by molar-refractivity contribution is 5.95. The highest BCUT2D eigenvalue weighted by Gasteiger charge is 2.35. The van der Waals surface area contributed by atoms with Crippen molar-refractivity contribution in [2.45, 2.75) is 18.9 Å². The van der Waals surface area contributed by atoms with E-state index in [4.69, 9.17) is 14.7 Å². The lowest BCUT2D eigenvalue weighted by Gasteiger charge is -2.35. The van der Waals surface area contributed by atoms with Crippen LogP contribution in [-0.2, 0) is 0 Å². The van der Waals surface area contributed by atoms with E-state index in [0.717, 1.165) is 59.3 Å². The fourth-order valence-corrected chi connectivity index (χ4v) is 4.62. The van der Waals surface area contributed by atoms with E-state index in [0.29, 0.717) is 17.6 Å². The number of nitrogens with one attached hydrogen (secondary N) is 2. The maximum atomic E-state index is 5.66. The van der Waals surface area contributed by atoms with Gasteiger partial charge in [0.15, 0.2) is 5.82 Å². The lowest BCUT2D eigenvalue weighted by molar-refractivity contribution is 0.413. The summed E-state index contributed by atoms with van der Waals surface area (Å²) in [6.45, 7) is 2.78. The van der Waals surface area contributed by atoms with Crippen LogP contribution in [0.2, 0.25) is 0 Å². The second-order valence-electron chi connectivity index (χ2n) is 8.87. The average Bonchev–Trinajstić information content (AvgIpc) is 3.75. The number of anilines is 3. The lowest BCUT2D eigenvalue weighted by atomic mass is 10.1. The second-order valence-corrected chi connectivity index (χ2v) is 8.87. The van der Waals surface area contributed by atoms with Crippen molar-refractivity contribution in [3.05, 3.63) is 61.1 Å². The minimum atomic E-state index is 0.506. The van der Waals surface area contributed by atoms with E-state index < -0.39 is 0 Å². The van der Waals surface area contributed by atoms with Crippen LogP contribution in [-0.4, -0.2) is 52.7 Å². The number of nitrogens with zero attached hydrogens (tertiary/aromatic N) is 5. The zero-order valence-corrected chi connectivity index (χ0v) is 19.1. The molecule has 1 saturated carbocycles. The van der Waals surface area contributed by atoms with Crippen molar-refractivity contribution in [2.75, 3.05) is 37.0 Å². The van der Waals surface area contributed by atoms with E-state index >= 15 is 0 Å². The Morgan fingerprint density at radius 1 is 1.06 bits per heavy atom. The highest BCUT2D eigenvalue weighted by atomic mass is 16.5. The summed E-state index contributed by atoms with van der Waals surface area (Å²) in [7, 11) is 1.67. The molecule has 3 aromatic heterocycles. The Kier molecular flexibility index (Phi) is 5.43. The number of hydrogen-bond donors (Lipinski definition) is 2. The Labute approximate surface area is 198 Å². The molecular formula is C26H27N7O. The molecule has 0 amide bonds. The standard InChI is InChI=1S/C26H27N7O/c1-34-22-15-27-14-20-24(22)26(33-13-12-28-21(16-33)17-5-6-17)32-25(31-20)18-7-9-19(10-8-18)30-23-4-2-3-11-29-23/h2-4,7-11,14-15,17,21,28H,5-6,12-13,16H2,1H3,(H,29,30). The summed E-state index contributed by atoms with van der Waals surface area (Å²) < 4.78 is 5.66. The normalized spacial score (nSPS) is 18.1. The van der Waals surface area contributed by atoms with Crippen molar-refractivity contribution in [2.24, 2.45) is 5.92 Å². The molecule has 172 valence electrons. The Bertz CT molecular complexity index is 1290. The molecule has 4 heterocycles. The molecule has 1 atom stereocenters. The number of aromatic nitrogens is 4. The largest absolute Gasteiger partial charge is 0.494 e. The van der Waals surface area contributed by atoms with Crippen molar-refractivity contribution in [1.82, 2.24) is 25.3 Å². The van der Waals surface area contributed by atoms with Crippen molar-refractivity contribution < 1.29 is 4.74 Å². The van der Waals surface area contributed by atoms with Gasteiger partial charge in [0, 0.05) is 43.1 Å². The van der Waals surface area contributed by atoms with Crippen LogP contribution in [0.25, 0.3) is 22.3 Å². The third-order valence-corrected chi connectivity index (χ3v) is 6.55. The van der Waals surface area contributed by atoms with E-state index in [1.54, 1.807) is 25.7 Å². The van der Waals surface area contributed by atoms with Gasteiger partial charge in [0.2, 0.25) is 0 Å². The van der Waals surface area contributed by atoms with Gasteiger partial charge in [0.25, 0.3) is 0 Å². The van der Waals surface area contributed by atoms with Gasteiger partial charge in [-0.15, -0.1) is 0 Å². The predicted molar refractivity (Wildman–Crippen MR) is 134 cm³/mol. The topological polar surface area (TPSA) is 88.1 Å². The van der Waals surface area contributed by atoms with E-state index in [9.17, 15) is 0 Å². The number of piperazine rings is 1. The molecule has 6 rings (SSSR count). The number of rotatable bonds is 6. The summed E-state index contributed by atoms with van der Waals surface area (Å²) in [5.41, 5.74) is 2.70. The maximum absolute atomic E-state index is 5.66. The lowest BCUT2D eigenvalue weighted by Crippen LogP contribution is -2.52. The van der Waals surface area contributed by atoms with E-state index in [-0.39, 0.29) is 0 Å². The maximum Gasteiger partial charge on any atom is 0.162 e. The molecule has 2 fully saturated rings. The smallest absolute Gasteiger partial charge is 0.162 e. The van der Waals surface area contributed by atoms with E-state index in [1.165, 1.54) is 12.8 Å². The molecule has 0 bridgehead atoms. The van der Waals surface area contributed by atoms with Crippen molar-refractivity contribution in [1.29, 1.82) is 0 Å². The van der Waals surface area contributed by atoms with Crippen LogP contribution in [0.3, 0.4) is 0 Å². The first-order chi connectivity index (χ1) is 16.8. The Morgan fingerprint density at radius 2 is 1.94 bits per heavy atom. The molecule has 1 unspecified atom stereocenters. The molecule has 1 aliphatic heterocycles. The van der Waals surface area contributed by atoms with Gasteiger partial charge in [-0.25, -0.2) is 15.0 Å². The molecule has 4 aromatic rings. The van der Waals surface area contributed by atoms with Gasteiger partial charge in [0.1, 0.15) is 17.4 Å². The van der Waals surface area contributed by atoms with Crippen LogP contribution in [0.4, 0.5) is 17.3 Å². The molecule has 2 N–H and O–H groups in total. The van der Waals surface area contributed by atoms with Crippen LogP contribution in [0.5, 0.6) is 5.75 Å². The van der Waals surface area contributed by atoms with Crippen molar-refractivity contribution in [3.63, 3.8) is 0 Å². The van der Waals surface area contributed by atoms with Gasteiger partial charge in [-0.1, -0.05) is 6.07 Å². The SMILES string of the molecule is COc1cncc2nc(-c3ccc(Nc4ccccn4)cc3)nc(N3CCNC(C4CC4)C3)c12. The Morgan fingerprint density at radius 3 is 2.71 bits per heavy atom. The number of ether oxygens (including phenoxy) is 1. The third kappa shape index (κ3) is 4.12. The summed E-state index contributed by atoms with van der Waals surface area (Å²) in [6, 6.07) is 14.4. The first-order valence-electron chi connectivity index (χ1n) is 11.7. The van der Waals surface area contributed by atoms with Gasteiger partial charge >= 0.3 is 0 Å². The average molecular weight is 454 g/mol. The fraction of sp³-hybridized carbons (Fsp3) is 0.308. The van der Waals surface area contributed by atoms with Crippen LogP contribution >= 0.6 is 0 Å². The van der Waals surface area contributed by atoms with Crippen LogP contribution in [0.15, 0.2) is 61.1 Å². The second kappa shape index (κ2) is 8.87.